The number of carbonyl (C=O) groups excluding carboxylic acids is 1. The summed E-state index contributed by atoms with van der Waals surface area (Å²) in [5.74, 6) is 1.67. The van der Waals surface area contributed by atoms with Crippen LogP contribution in [0.4, 0.5) is 0 Å². The lowest BCUT2D eigenvalue weighted by molar-refractivity contribution is 0.0947. The molecular weight excluding hydrogens is 280 g/mol. The molecule has 1 aliphatic heterocycles. The second kappa shape index (κ2) is 7.97. The fraction of sp³-hybridized carbons (Fsp3) is 0.500. The minimum atomic E-state index is -0.0934. The van der Waals surface area contributed by atoms with Crippen molar-refractivity contribution in [2.75, 3.05) is 33.9 Å². The molecule has 1 amide bonds. The number of methoxy groups -OCH3 is 2. The van der Waals surface area contributed by atoms with Crippen molar-refractivity contribution in [2.45, 2.75) is 6.42 Å². The quantitative estimate of drug-likeness (QED) is 0.864. The number of carbonyl (C=O) groups is 1. The summed E-state index contributed by atoms with van der Waals surface area (Å²) in [7, 11) is 3.14. The maximum absolute atomic E-state index is 12.1. The molecule has 1 aromatic rings. The molecule has 0 aliphatic carbocycles. The third kappa shape index (κ3) is 4.28. The van der Waals surface area contributed by atoms with Crippen molar-refractivity contribution in [1.29, 1.82) is 0 Å². The summed E-state index contributed by atoms with van der Waals surface area (Å²) in [6.45, 7) is 2.71. The van der Waals surface area contributed by atoms with Crippen molar-refractivity contribution >= 4 is 18.3 Å². The van der Waals surface area contributed by atoms with Crippen LogP contribution in [-0.2, 0) is 0 Å². The molecule has 1 aromatic carbocycles. The lowest BCUT2D eigenvalue weighted by Crippen LogP contribution is -2.30. The Labute approximate surface area is 125 Å². The molecule has 1 saturated heterocycles. The lowest BCUT2D eigenvalue weighted by Gasteiger charge is -2.11. The molecule has 0 aromatic heterocycles. The summed E-state index contributed by atoms with van der Waals surface area (Å²) in [5.41, 5.74) is 0.558. The lowest BCUT2D eigenvalue weighted by atomic mass is 10.1. The zero-order valence-corrected chi connectivity index (χ0v) is 12.6. The molecule has 0 saturated carbocycles. The molecule has 1 atom stereocenters. The van der Waals surface area contributed by atoms with Gasteiger partial charge in [0.25, 0.3) is 5.91 Å². The van der Waals surface area contributed by atoms with Crippen molar-refractivity contribution in [2.24, 2.45) is 5.92 Å². The monoisotopic (exact) mass is 300 g/mol. The molecule has 1 unspecified atom stereocenters. The maximum atomic E-state index is 12.1. The first kappa shape index (κ1) is 16.6. The predicted octanol–water partition coefficient (Wildman–Crippen LogP) is 1.46. The minimum Gasteiger partial charge on any atom is -0.497 e. The van der Waals surface area contributed by atoms with Crippen molar-refractivity contribution in [3.05, 3.63) is 23.8 Å². The number of ether oxygens (including phenoxy) is 2. The van der Waals surface area contributed by atoms with Gasteiger partial charge in [0, 0.05) is 18.2 Å². The normalized spacial score (nSPS) is 17.2. The van der Waals surface area contributed by atoms with Crippen LogP contribution in [0, 0.1) is 5.92 Å². The van der Waals surface area contributed by atoms with E-state index in [9.17, 15) is 4.79 Å². The number of halogens is 1. The Kier molecular flexibility index (Phi) is 6.61. The topological polar surface area (TPSA) is 59.6 Å². The molecule has 112 valence electrons. The summed E-state index contributed by atoms with van der Waals surface area (Å²) in [6, 6.07) is 5.17. The van der Waals surface area contributed by atoms with Crippen molar-refractivity contribution in [3.63, 3.8) is 0 Å². The molecule has 5 nitrogen and oxygen atoms in total. The second-order valence-electron chi connectivity index (χ2n) is 4.67. The molecule has 1 fully saturated rings. The maximum Gasteiger partial charge on any atom is 0.251 e. The van der Waals surface area contributed by atoms with Crippen molar-refractivity contribution < 1.29 is 14.3 Å². The van der Waals surface area contributed by atoms with Gasteiger partial charge in [-0.1, -0.05) is 0 Å². The van der Waals surface area contributed by atoms with Crippen LogP contribution in [0.5, 0.6) is 11.5 Å². The molecule has 0 bridgehead atoms. The van der Waals surface area contributed by atoms with Gasteiger partial charge in [0.15, 0.2) is 0 Å². The van der Waals surface area contributed by atoms with Crippen LogP contribution in [0.2, 0.25) is 0 Å². The third-order valence-electron chi connectivity index (χ3n) is 3.33. The Morgan fingerprint density at radius 2 is 1.95 bits per heavy atom. The molecular formula is C14H21ClN2O3. The number of rotatable bonds is 5. The van der Waals surface area contributed by atoms with E-state index in [-0.39, 0.29) is 18.3 Å². The highest BCUT2D eigenvalue weighted by molar-refractivity contribution is 5.95. The Morgan fingerprint density at radius 1 is 1.30 bits per heavy atom. The standard InChI is InChI=1S/C14H20N2O3.ClH/c1-18-12-5-11(6-13(7-12)19-2)14(17)16-9-10-3-4-15-8-10;/h5-7,10,15H,3-4,8-9H2,1-2H3,(H,16,17);1H. The van der Waals surface area contributed by atoms with E-state index in [4.69, 9.17) is 9.47 Å². The second-order valence-corrected chi connectivity index (χ2v) is 4.67. The molecule has 2 N–H and O–H groups in total. The molecule has 0 spiro atoms. The van der Waals surface area contributed by atoms with Gasteiger partial charge in [0.1, 0.15) is 11.5 Å². The van der Waals surface area contributed by atoms with Gasteiger partial charge in [-0.25, -0.2) is 0 Å². The van der Waals surface area contributed by atoms with Crippen LogP contribution in [-0.4, -0.2) is 39.8 Å². The summed E-state index contributed by atoms with van der Waals surface area (Å²) >= 11 is 0. The highest BCUT2D eigenvalue weighted by Crippen LogP contribution is 2.22. The molecule has 1 aliphatic rings. The van der Waals surface area contributed by atoms with E-state index in [1.807, 2.05) is 0 Å². The van der Waals surface area contributed by atoms with Crippen LogP contribution >= 0.6 is 12.4 Å². The van der Waals surface area contributed by atoms with Gasteiger partial charge in [-0.05, 0) is 37.6 Å². The van der Waals surface area contributed by atoms with Gasteiger partial charge in [-0.3, -0.25) is 4.79 Å². The van der Waals surface area contributed by atoms with Gasteiger partial charge < -0.3 is 20.1 Å². The average molecular weight is 301 g/mol. The van der Waals surface area contributed by atoms with E-state index < -0.39 is 0 Å². The van der Waals surface area contributed by atoms with Crippen molar-refractivity contribution in [3.8, 4) is 11.5 Å². The van der Waals surface area contributed by atoms with Crippen LogP contribution < -0.4 is 20.1 Å². The van der Waals surface area contributed by atoms with Gasteiger partial charge in [-0.15, -0.1) is 12.4 Å². The fourth-order valence-electron chi connectivity index (χ4n) is 2.17. The summed E-state index contributed by atoms with van der Waals surface area (Å²) < 4.78 is 10.3. The van der Waals surface area contributed by atoms with Gasteiger partial charge in [-0.2, -0.15) is 0 Å². The molecule has 2 rings (SSSR count). The highest BCUT2D eigenvalue weighted by atomic mass is 35.5. The summed E-state index contributed by atoms with van der Waals surface area (Å²) in [5, 5.41) is 6.23. The van der Waals surface area contributed by atoms with E-state index in [0.717, 1.165) is 19.5 Å². The first-order chi connectivity index (χ1) is 9.22. The molecule has 1 heterocycles. The Bertz CT molecular complexity index is 426. The first-order valence-corrected chi connectivity index (χ1v) is 6.45. The van der Waals surface area contributed by atoms with E-state index in [0.29, 0.717) is 29.5 Å². The third-order valence-corrected chi connectivity index (χ3v) is 3.33. The molecule has 20 heavy (non-hydrogen) atoms. The fourth-order valence-corrected chi connectivity index (χ4v) is 2.17. The number of benzene rings is 1. The van der Waals surface area contributed by atoms with E-state index in [1.165, 1.54) is 0 Å². The number of hydrogen-bond acceptors (Lipinski definition) is 4. The van der Waals surface area contributed by atoms with Crippen LogP contribution in [0.3, 0.4) is 0 Å². The first-order valence-electron chi connectivity index (χ1n) is 6.45. The highest BCUT2D eigenvalue weighted by Gasteiger charge is 2.16. The van der Waals surface area contributed by atoms with E-state index in [1.54, 1.807) is 32.4 Å². The Hall–Kier alpha value is -1.46. The number of hydrogen-bond donors (Lipinski definition) is 2. The molecule has 6 heteroatoms. The zero-order chi connectivity index (χ0) is 13.7. The van der Waals surface area contributed by atoms with Crippen LogP contribution in [0.25, 0.3) is 0 Å². The van der Waals surface area contributed by atoms with Gasteiger partial charge in [0.2, 0.25) is 0 Å². The van der Waals surface area contributed by atoms with Gasteiger partial charge >= 0.3 is 0 Å². The summed E-state index contributed by atoms with van der Waals surface area (Å²) in [6.07, 6.45) is 1.11. The van der Waals surface area contributed by atoms with Gasteiger partial charge in [0.05, 0.1) is 14.2 Å². The van der Waals surface area contributed by atoms with Crippen LogP contribution in [0.15, 0.2) is 18.2 Å². The smallest absolute Gasteiger partial charge is 0.251 e. The number of nitrogens with one attached hydrogen (secondary N) is 2. The SMILES string of the molecule is COc1cc(OC)cc(C(=O)NCC2CCNC2)c1.Cl. The van der Waals surface area contributed by atoms with Crippen molar-refractivity contribution in [1.82, 2.24) is 10.6 Å². The summed E-state index contributed by atoms with van der Waals surface area (Å²) in [4.78, 5) is 12.1. The molecule has 0 radical (unpaired) electrons. The minimum absolute atomic E-state index is 0. The largest absolute Gasteiger partial charge is 0.497 e. The Morgan fingerprint density at radius 3 is 2.45 bits per heavy atom. The van der Waals surface area contributed by atoms with E-state index >= 15 is 0 Å². The predicted molar refractivity (Wildman–Crippen MR) is 80.1 cm³/mol. The van der Waals surface area contributed by atoms with Crippen LogP contribution in [0.1, 0.15) is 16.8 Å². The Balaban J connectivity index is 0.00000200. The van der Waals surface area contributed by atoms with E-state index in [2.05, 4.69) is 10.6 Å². The zero-order valence-electron chi connectivity index (χ0n) is 11.8. The number of amides is 1. The average Bonchev–Trinajstić information content (AvgIpc) is 2.97.